The molecule has 0 aliphatic heterocycles. The molecule has 3 aromatic rings. The minimum absolute atomic E-state index is 0.735. The van der Waals surface area contributed by atoms with Crippen LogP contribution in [0, 0.1) is 18.3 Å². The first-order valence-corrected chi connectivity index (χ1v) is 9.17. The van der Waals surface area contributed by atoms with Crippen molar-refractivity contribution in [2.75, 3.05) is 12.4 Å². The molecule has 0 bridgehead atoms. The highest BCUT2D eigenvalue weighted by atomic mass is 14.9. The third-order valence-corrected chi connectivity index (χ3v) is 4.95. The Morgan fingerprint density at radius 1 is 1.11 bits per heavy atom. The maximum atomic E-state index is 9.56. The molecule has 0 saturated heterocycles. The topological polar surface area (TPSA) is 40.8 Å². The molecule has 2 aromatic carbocycles. The molecule has 0 radical (unpaired) electrons. The largest absolute Gasteiger partial charge is 0.388 e. The van der Waals surface area contributed by atoms with Gasteiger partial charge in [0, 0.05) is 30.8 Å². The van der Waals surface area contributed by atoms with Crippen molar-refractivity contribution in [3.63, 3.8) is 0 Å². The van der Waals surface area contributed by atoms with E-state index in [2.05, 4.69) is 67.5 Å². The van der Waals surface area contributed by atoms with Crippen molar-refractivity contribution in [1.82, 2.24) is 4.57 Å². The average Bonchev–Trinajstić information content (AvgIpc) is 3.09. The van der Waals surface area contributed by atoms with Crippen molar-refractivity contribution >= 4 is 11.3 Å². The van der Waals surface area contributed by atoms with Crippen molar-refractivity contribution in [1.29, 1.82) is 5.26 Å². The molecule has 0 atom stereocenters. The first kappa shape index (κ1) is 18.5. The number of aryl methyl sites for hydroxylation is 3. The van der Waals surface area contributed by atoms with Crippen molar-refractivity contribution in [2.24, 2.45) is 0 Å². The van der Waals surface area contributed by atoms with Gasteiger partial charge in [-0.05, 0) is 67.1 Å². The SMILES string of the molecule is C=C(C)c1ccc(-n2cc(C#N)c(CCc3ccccc3NC)c2)cc1C. The van der Waals surface area contributed by atoms with Crippen molar-refractivity contribution in [3.05, 3.63) is 89.3 Å². The van der Waals surface area contributed by atoms with E-state index in [1.807, 2.05) is 30.8 Å². The molecule has 0 amide bonds. The number of hydrogen-bond donors (Lipinski definition) is 1. The number of aromatic nitrogens is 1. The molecule has 27 heavy (non-hydrogen) atoms. The van der Waals surface area contributed by atoms with Crippen LogP contribution in [-0.4, -0.2) is 11.6 Å². The van der Waals surface area contributed by atoms with E-state index in [4.69, 9.17) is 0 Å². The van der Waals surface area contributed by atoms with Gasteiger partial charge in [-0.2, -0.15) is 5.26 Å². The predicted molar refractivity (Wildman–Crippen MR) is 113 cm³/mol. The smallest absolute Gasteiger partial charge is 0.101 e. The maximum Gasteiger partial charge on any atom is 0.101 e. The summed E-state index contributed by atoms with van der Waals surface area (Å²) in [5.74, 6) is 0. The highest BCUT2D eigenvalue weighted by Crippen LogP contribution is 2.23. The van der Waals surface area contributed by atoms with Gasteiger partial charge in [-0.3, -0.25) is 0 Å². The van der Waals surface area contributed by atoms with E-state index in [9.17, 15) is 5.26 Å². The Bertz CT molecular complexity index is 1020. The average molecular weight is 355 g/mol. The van der Waals surface area contributed by atoms with Crippen LogP contribution in [0.2, 0.25) is 0 Å². The maximum absolute atomic E-state index is 9.56. The zero-order valence-electron chi connectivity index (χ0n) is 16.2. The quantitative estimate of drug-likeness (QED) is 0.633. The van der Waals surface area contributed by atoms with E-state index in [1.165, 1.54) is 16.7 Å². The number of nitrogens with one attached hydrogen (secondary N) is 1. The second-order valence-electron chi connectivity index (χ2n) is 6.90. The Balaban J connectivity index is 1.87. The Hall–Kier alpha value is -3.25. The molecule has 0 aliphatic rings. The summed E-state index contributed by atoms with van der Waals surface area (Å²) < 4.78 is 2.05. The van der Waals surface area contributed by atoms with Crippen molar-refractivity contribution < 1.29 is 0 Å². The monoisotopic (exact) mass is 355 g/mol. The summed E-state index contributed by atoms with van der Waals surface area (Å²) in [4.78, 5) is 0. The van der Waals surface area contributed by atoms with Crippen LogP contribution in [0.4, 0.5) is 5.69 Å². The highest BCUT2D eigenvalue weighted by molar-refractivity contribution is 5.66. The summed E-state index contributed by atoms with van der Waals surface area (Å²) in [5.41, 5.74) is 8.71. The Kier molecular flexibility index (Phi) is 5.47. The van der Waals surface area contributed by atoms with Gasteiger partial charge in [0.2, 0.25) is 0 Å². The van der Waals surface area contributed by atoms with Gasteiger partial charge in [-0.1, -0.05) is 36.4 Å². The third-order valence-electron chi connectivity index (χ3n) is 4.95. The Morgan fingerprint density at radius 2 is 1.85 bits per heavy atom. The van der Waals surface area contributed by atoms with Crippen LogP contribution in [0.25, 0.3) is 11.3 Å². The predicted octanol–water partition coefficient (Wildman–Crippen LogP) is 5.52. The van der Waals surface area contributed by atoms with Crippen LogP contribution in [-0.2, 0) is 12.8 Å². The number of nitriles is 1. The molecule has 0 aliphatic carbocycles. The molecule has 1 aromatic heterocycles. The highest BCUT2D eigenvalue weighted by Gasteiger charge is 2.10. The first-order chi connectivity index (χ1) is 13.0. The second-order valence-corrected chi connectivity index (χ2v) is 6.90. The summed E-state index contributed by atoms with van der Waals surface area (Å²) >= 11 is 0. The lowest BCUT2D eigenvalue weighted by atomic mass is 10.0. The van der Waals surface area contributed by atoms with Gasteiger partial charge in [0.25, 0.3) is 0 Å². The van der Waals surface area contributed by atoms with Gasteiger partial charge in [0.1, 0.15) is 6.07 Å². The molecule has 136 valence electrons. The van der Waals surface area contributed by atoms with E-state index in [0.717, 1.165) is 40.9 Å². The first-order valence-electron chi connectivity index (χ1n) is 9.17. The number of rotatable bonds is 6. The van der Waals surface area contributed by atoms with Crippen LogP contribution in [0.1, 0.15) is 34.7 Å². The summed E-state index contributed by atoms with van der Waals surface area (Å²) in [7, 11) is 1.94. The number of anilines is 1. The van der Waals surface area contributed by atoms with Gasteiger partial charge in [0.15, 0.2) is 0 Å². The minimum Gasteiger partial charge on any atom is -0.388 e. The zero-order valence-corrected chi connectivity index (χ0v) is 16.2. The number of benzene rings is 2. The van der Waals surface area contributed by atoms with Gasteiger partial charge < -0.3 is 9.88 Å². The molecular formula is C24H25N3. The molecule has 3 nitrogen and oxygen atoms in total. The van der Waals surface area contributed by atoms with E-state index in [1.54, 1.807) is 0 Å². The van der Waals surface area contributed by atoms with E-state index in [0.29, 0.717) is 0 Å². The van der Waals surface area contributed by atoms with Crippen LogP contribution >= 0.6 is 0 Å². The lowest BCUT2D eigenvalue weighted by molar-refractivity contribution is 0.951. The van der Waals surface area contributed by atoms with E-state index < -0.39 is 0 Å². The molecule has 3 rings (SSSR count). The van der Waals surface area contributed by atoms with Crippen molar-refractivity contribution in [3.8, 4) is 11.8 Å². The summed E-state index contributed by atoms with van der Waals surface area (Å²) in [6, 6.07) is 17.0. The molecular weight excluding hydrogens is 330 g/mol. The third kappa shape index (κ3) is 3.96. The standard InChI is InChI=1S/C24H25N3/c1-17(2)23-12-11-22(13-18(23)3)27-15-20(21(14-25)16-27)10-9-19-7-5-6-8-24(19)26-4/h5-8,11-13,15-16,26H,1,9-10H2,2-4H3. The van der Waals surface area contributed by atoms with Gasteiger partial charge in [-0.15, -0.1) is 0 Å². The van der Waals surface area contributed by atoms with Gasteiger partial charge in [-0.25, -0.2) is 0 Å². The van der Waals surface area contributed by atoms with Crippen LogP contribution in [0.15, 0.2) is 61.4 Å². The molecule has 3 heteroatoms. The summed E-state index contributed by atoms with van der Waals surface area (Å²) in [6.07, 6.45) is 5.73. The molecule has 1 N–H and O–H groups in total. The number of hydrogen-bond acceptors (Lipinski definition) is 2. The number of allylic oxidation sites excluding steroid dienone is 1. The van der Waals surface area contributed by atoms with E-state index in [-0.39, 0.29) is 0 Å². The molecule has 0 spiro atoms. The van der Waals surface area contributed by atoms with Crippen LogP contribution < -0.4 is 5.32 Å². The number of para-hydroxylation sites is 1. The summed E-state index contributed by atoms with van der Waals surface area (Å²) in [5, 5.41) is 12.8. The molecule has 0 saturated carbocycles. The number of nitrogens with zero attached hydrogens (tertiary/aromatic N) is 2. The Morgan fingerprint density at radius 3 is 2.52 bits per heavy atom. The lowest BCUT2D eigenvalue weighted by Gasteiger charge is -2.09. The van der Waals surface area contributed by atoms with Gasteiger partial charge in [0.05, 0.1) is 5.56 Å². The normalized spacial score (nSPS) is 10.4. The van der Waals surface area contributed by atoms with Crippen molar-refractivity contribution in [2.45, 2.75) is 26.7 Å². The zero-order chi connectivity index (χ0) is 19.4. The second kappa shape index (κ2) is 7.97. The molecule has 0 unspecified atom stereocenters. The fourth-order valence-corrected chi connectivity index (χ4v) is 3.48. The van der Waals surface area contributed by atoms with Gasteiger partial charge >= 0.3 is 0 Å². The fraction of sp³-hybridized carbons (Fsp3) is 0.208. The molecule has 0 fully saturated rings. The molecule has 1 heterocycles. The lowest BCUT2D eigenvalue weighted by Crippen LogP contribution is -1.98. The van der Waals surface area contributed by atoms with Crippen LogP contribution in [0.5, 0.6) is 0 Å². The summed E-state index contributed by atoms with van der Waals surface area (Å²) in [6.45, 7) is 8.15. The Labute approximate surface area is 161 Å². The minimum atomic E-state index is 0.735. The fourth-order valence-electron chi connectivity index (χ4n) is 3.48. The van der Waals surface area contributed by atoms with Crippen LogP contribution in [0.3, 0.4) is 0 Å². The van der Waals surface area contributed by atoms with E-state index >= 15 is 0 Å².